The lowest BCUT2D eigenvalue weighted by Gasteiger charge is -2.31. The number of carbonyl (C=O) groups is 2. The minimum atomic E-state index is -0.588. The van der Waals surface area contributed by atoms with Crippen LogP contribution < -0.4 is 5.32 Å². The zero-order valence-electron chi connectivity index (χ0n) is 15.5. The molecule has 0 spiro atoms. The Hall–Kier alpha value is -2.92. The molecule has 1 aromatic heterocycles. The molecular weight excluding hydrogens is 368 g/mol. The number of fused-ring (bicyclic) bond motifs is 1. The van der Waals surface area contributed by atoms with Crippen LogP contribution in [0.15, 0.2) is 72.1 Å². The third kappa shape index (κ3) is 4.15. The van der Waals surface area contributed by atoms with Crippen LogP contribution in [0.3, 0.4) is 0 Å². The van der Waals surface area contributed by atoms with E-state index in [0.717, 1.165) is 12.0 Å². The molecule has 0 saturated carbocycles. The van der Waals surface area contributed by atoms with Gasteiger partial charge in [-0.05, 0) is 41.1 Å². The molecule has 0 fully saturated rings. The molecule has 2 aromatic carbocycles. The van der Waals surface area contributed by atoms with Crippen molar-refractivity contribution in [3.63, 3.8) is 0 Å². The number of carbonyl (C=O) groups excluding carboxylic acids is 2. The fourth-order valence-electron chi connectivity index (χ4n) is 3.54. The van der Waals surface area contributed by atoms with E-state index in [4.69, 9.17) is 0 Å². The first kappa shape index (κ1) is 18.4. The van der Waals surface area contributed by atoms with E-state index in [2.05, 4.69) is 16.8 Å². The van der Waals surface area contributed by atoms with Crippen molar-refractivity contribution in [3.05, 3.63) is 93.7 Å². The van der Waals surface area contributed by atoms with Crippen molar-refractivity contribution in [3.8, 4) is 0 Å². The first-order valence-corrected chi connectivity index (χ1v) is 10.3. The van der Waals surface area contributed by atoms with Crippen molar-refractivity contribution in [1.29, 1.82) is 0 Å². The summed E-state index contributed by atoms with van der Waals surface area (Å²) >= 11 is 1.75. The summed E-state index contributed by atoms with van der Waals surface area (Å²) in [6, 6.07) is 20.4. The smallest absolute Gasteiger partial charge is 0.251 e. The second kappa shape index (κ2) is 8.40. The molecule has 2 amide bonds. The van der Waals surface area contributed by atoms with E-state index in [0.29, 0.717) is 25.1 Å². The summed E-state index contributed by atoms with van der Waals surface area (Å²) in [6.45, 7) is 1.31. The first-order chi connectivity index (χ1) is 13.7. The fraction of sp³-hybridized carbons (Fsp3) is 0.217. The Labute approximate surface area is 168 Å². The number of hydrogen-bond acceptors (Lipinski definition) is 3. The number of amides is 2. The van der Waals surface area contributed by atoms with Crippen molar-refractivity contribution in [2.45, 2.75) is 25.4 Å². The number of benzene rings is 2. The quantitative estimate of drug-likeness (QED) is 0.723. The summed E-state index contributed by atoms with van der Waals surface area (Å²) in [5.74, 6) is -0.243. The van der Waals surface area contributed by atoms with Crippen LogP contribution in [0.25, 0.3) is 0 Å². The Bertz CT molecular complexity index is 953. The zero-order valence-corrected chi connectivity index (χ0v) is 16.3. The molecule has 1 atom stereocenters. The maximum atomic E-state index is 13.3. The van der Waals surface area contributed by atoms with Gasteiger partial charge in [-0.1, -0.05) is 48.5 Å². The van der Waals surface area contributed by atoms with Crippen LogP contribution in [0.4, 0.5) is 0 Å². The van der Waals surface area contributed by atoms with Gasteiger partial charge in [0.25, 0.3) is 5.91 Å². The van der Waals surface area contributed by atoms with Gasteiger partial charge in [-0.15, -0.1) is 11.3 Å². The van der Waals surface area contributed by atoms with Gasteiger partial charge in [0.1, 0.15) is 6.04 Å². The predicted molar refractivity (Wildman–Crippen MR) is 111 cm³/mol. The normalized spacial score (nSPS) is 14.2. The van der Waals surface area contributed by atoms with Gasteiger partial charge in [0.2, 0.25) is 5.91 Å². The minimum absolute atomic E-state index is 0.0232. The van der Waals surface area contributed by atoms with Gasteiger partial charge in [0.15, 0.2) is 0 Å². The molecule has 4 rings (SSSR count). The average molecular weight is 391 g/mol. The van der Waals surface area contributed by atoms with Crippen LogP contribution in [-0.2, 0) is 24.2 Å². The number of nitrogens with zero attached hydrogens (tertiary/aromatic N) is 1. The van der Waals surface area contributed by atoms with Crippen molar-refractivity contribution >= 4 is 23.2 Å². The molecule has 2 heterocycles. The molecule has 1 unspecified atom stereocenters. The van der Waals surface area contributed by atoms with Gasteiger partial charge in [0, 0.05) is 30.0 Å². The largest absolute Gasteiger partial charge is 0.340 e. The molecule has 142 valence electrons. The molecule has 1 aliphatic rings. The van der Waals surface area contributed by atoms with Crippen LogP contribution in [0, 0.1) is 0 Å². The lowest BCUT2D eigenvalue weighted by Crippen LogP contribution is -2.50. The molecular formula is C23H22N2O2S. The highest BCUT2D eigenvalue weighted by Gasteiger charge is 2.29. The van der Waals surface area contributed by atoms with E-state index in [-0.39, 0.29) is 11.8 Å². The maximum absolute atomic E-state index is 13.3. The van der Waals surface area contributed by atoms with Gasteiger partial charge >= 0.3 is 0 Å². The summed E-state index contributed by atoms with van der Waals surface area (Å²) < 4.78 is 0. The molecule has 5 heteroatoms. The predicted octanol–water partition coefficient (Wildman–Crippen LogP) is 3.67. The monoisotopic (exact) mass is 390 g/mol. The third-order valence-electron chi connectivity index (χ3n) is 5.04. The van der Waals surface area contributed by atoms with E-state index in [1.165, 1.54) is 10.4 Å². The summed E-state index contributed by atoms with van der Waals surface area (Å²) in [5, 5.41) is 5.05. The molecule has 1 N–H and O–H groups in total. The Balaban J connectivity index is 1.54. The molecule has 0 aliphatic carbocycles. The Morgan fingerprint density at radius 2 is 1.71 bits per heavy atom. The number of rotatable bonds is 5. The van der Waals surface area contributed by atoms with Crippen molar-refractivity contribution < 1.29 is 9.59 Å². The lowest BCUT2D eigenvalue weighted by molar-refractivity contribution is -0.134. The second-order valence-corrected chi connectivity index (χ2v) is 7.96. The second-order valence-electron chi connectivity index (χ2n) is 6.96. The van der Waals surface area contributed by atoms with Crippen LogP contribution >= 0.6 is 11.3 Å². The van der Waals surface area contributed by atoms with Crippen LogP contribution in [0.1, 0.15) is 26.4 Å². The van der Waals surface area contributed by atoms with Crippen LogP contribution in [-0.4, -0.2) is 29.3 Å². The van der Waals surface area contributed by atoms with Crippen LogP contribution in [0.5, 0.6) is 0 Å². The molecule has 1 aliphatic heterocycles. The summed E-state index contributed by atoms with van der Waals surface area (Å²) in [7, 11) is 0. The van der Waals surface area contributed by atoms with Gasteiger partial charge in [-0.25, -0.2) is 0 Å². The van der Waals surface area contributed by atoms with E-state index < -0.39 is 6.04 Å². The van der Waals surface area contributed by atoms with Gasteiger partial charge in [-0.3, -0.25) is 9.59 Å². The van der Waals surface area contributed by atoms with Gasteiger partial charge in [0.05, 0.1) is 0 Å². The molecule has 0 radical (unpaired) electrons. The third-order valence-corrected chi connectivity index (χ3v) is 6.06. The minimum Gasteiger partial charge on any atom is -0.340 e. The highest BCUT2D eigenvalue weighted by Crippen LogP contribution is 2.24. The Morgan fingerprint density at radius 1 is 1.00 bits per heavy atom. The molecule has 0 saturated heterocycles. The lowest BCUT2D eigenvalue weighted by atomic mass is 10.0. The number of thiophene rings is 1. The van der Waals surface area contributed by atoms with E-state index in [1.54, 1.807) is 23.5 Å². The Kier molecular flexibility index (Phi) is 5.53. The van der Waals surface area contributed by atoms with E-state index in [1.807, 2.05) is 53.4 Å². The molecule has 28 heavy (non-hydrogen) atoms. The summed E-state index contributed by atoms with van der Waals surface area (Å²) in [6.07, 6.45) is 1.36. The average Bonchev–Trinajstić information content (AvgIpc) is 3.22. The van der Waals surface area contributed by atoms with Crippen molar-refractivity contribution in [2.24, 2.45) is 0 Å². The van der Waals surface area contributed by atoms with Crippen molar-refractivity contribution in [1.82, 2.24) is 10.2 Å². The first-order valence-electron chi connectivity index (χ1n) is 9.44. The number of nitrogens with one attached hydrogen (secondary N) is 1. The standard InChI is InChI=1S/C23H22N2O2S/c26-22(18-9-5-2-6-10-18)24-20(15-17-7-3-1-4-8-17)23(27)25-13-11-21-19(16-25)12-14-28-21/h1-10,12,14,20H,11,13,15-16H2,(H,24,26). The molecule has 0 bridgehead atoms. The molecule has 3 aromatic rings. The Morgan fingerprint density at radius 3 is 2.46 bits per heavy atom. The molecule has 4 nitrogen and oxygen atoms in total. The summed E-state index contributed by atoms with van der Waals surface area (Å²) in [4.78, 5) is 29.3. The van der Waals surface area contributed by atoms with E-state index in [9.17, 15) is 9.59 Å². The fourth-order valence-corrected chi connectivity index (χ4v) is 4.43. The van der Waals surface area contributed by atoms with Gasteiger partial charge in [-0.2, -0.15) is 0 Å². The zero-order chi connectivity index (χ0) is 19.3. The summed E-state index contributed by atoms with van der Waals surface area (Å²) in [5.41, 5.74) is 2.81. The van der Waals surface area contributed by atoms with Gasteiger partial charge < -0.3 is 10.2 Å². The van der Waals surface area contributed by atoms with Crippen molar-refractivity contribution in [2.75, 3.05) is 6.54 Å². The highest BCUT2D eigenvalue weighted by molar-refractivity contribution is 7.10. The van der Waals surface area contributed by atoms with Crippen LogP contribution in [0.2, 0.25) is 0 Å². The topological polar surface area (TPSA) is 49.4 Å². The van der Waals surface area contributed by atoms with E-state index >= 15 is 0 Å². The number of hydrogen-bond donors (Lipinski definition) is 1. The SMILES string of the molecule is O=C(NC(Cc1ccccc1)C(=O)N1CCc2sccc2C1)c1ccccc1. The maximum Gasteiger partial charge on any atom is 0.251 e. The highest BCUT2D eigenvalue weighted by atomic mass is 32.1.